The van der Waals surface area contributed by atoms with Gasteiger partial charge >= 0.3 is 0 Å². The number of H-pyrrole nitrogens is 1. The molecule has 0 aliphatic carbocycles. The zero-order valence-electron chi connectivity index (χ0n) is 13.4. The second-order valence-corrected chi connectivity index (χ2v) is 6.09. The van der Waals surface area contributed by atoms with Crippen LogP contribution in [0.15, 0.2) is 6.20 Å². The number of halogens is 1. The third-order valence-corrected chi connectivity index (χ3v) is 4.43. The molecular formula is C15H23FN6. The molecule has 0 radical (unpaired) electrons. The Hall–Kier alpha value is -1.76. The molecule has 3 heterocycles. The molecule has 6 nitrogen and oxygen atoms in total. The van der Waals surface area contributed by atoms with Crippen LogP contribution >= 0.6 is 0 Å². The minimum atomic E-state index is -0.331. The van der Waals surface area contributed by atoms with E-state index in [4.69, 9.17) is 0 Å². The van der Waals surface area contributed by atoms with Gasteiger partial charge in [0.15, 0.2) is 5.82 Å². The average Bonchev–Trinajstić information content (AvgIpc) is 3.19. The molecule has 0 saturated carbocycles. The van der Waals surface area contributed by atoms with Crippen LogP contribution in [-0.2, 0) is 13.1 Å². The molecule has 0 unspecified atom stereocenters. The molecule has 120 valence electrons. The molecule has 22 heavy (non-hydrogen) atoms. The van der Waals surface area contributed by atoms with Crippen LogP contribution in [0.1, 0.15) is 35.7 Å². The Morgan fingerprint density at radius 3 is 2.77 bits per heavy atom. The van der Waals surface area contributed by atoms with Gasteiger partial charge in [0.25, 0.3) is 0 Å². The zero-order chi connectivity index (χ0) is 15.7. The van der Waals surface area contributed by atoms with E-state index in [0.717, 1.165) is 43.5 Å². The lowest BCUT2D eigenvalue weighted by atomic mass is 9.97. The van der Waals surface area contributed by atoms with Crippen molar-refractivity contribution in [2.24, 2.45) is 5.92 Å². The minimum Gasteiger partial charge on any atom is -0.298 e. The molecule has 3 rings (SSSR count). The molecule has 0 bridgehead atoms. The topological polar surface area (TPSA) is 62.6 Å². The number of rotatable bonds is 5. The van der Waals surface area contributed by atoms with Crippen LogP contribution in [0.25, 0.3) is 0 Å². The minimum absolute atomic E-state index is 0.0308. The van der Waals surface area contributed by atoms with Gasteiger partial charge in [-0.05, 0) is 20.8 Å². The fourth-order valence-electron chi connectivity index (χ4n) is 3.18. The Kier molecular flexibility index (Phi) is 4.24. The van der Waals surface area contributed by atoms with E-state index in [1.54, 1.807) is 0 Å². The summed E-state index contributed by atoms with van der Waals surface area (Å²) in [6.45, 7) is 8.86. The summed E-state index contributed by atoms with van der Waals surface area (Å²) in [5.41, 5.74) is 2.27. The first-order chi connectivity index (χ1) is 10.6. The van der Waals surface area contributed by atoms with Crippen molar-refractivity contribution in [2.45, 2.75) is 39.8 Å². The first kappa shape index (κ1) is 15.1. The zero-order valence-corrected chi connectivity index (χ0v) is 13.4. The Bertz CT molecular complexity index is 634. The van der Waals surface area contributed by atoms with Gasteiger partial charge in [0.2, 0.25) is 0 Å². The highest BCUT2D eigenvalue weighted by molar-refractivity contribution is 5.16. The number of nitrogens with zero attached hydrogens (tertiary/aromatic N) is 5. The van der Waals surface area contributed by atoms with Crippen molar-refractivity contribution in [1.29, 1.82) is 0 Å². The van der Waals surface area contributed by atoms with Crippen LogP contribution in [0.5, 0.6) is 0 Å². The summed E-state index contributed by atoms with van der Waals surface area (Å²) in [4.78, 5) is 6.67. The summed E-state index contributed by atoms with van der Waals surface area (Å²) in [5, 5.41) is 11.6. The van der Waals surface area contributed by atoms with Gasteiger partial charge in [-0.3, -0.25) is 19.1 Å². The lowest BCUT2D eigenvalue weighted by molar-refractivity contribution is 0.295. The number of hydrogen-bond donors (Lipinski definition) is 1. The number of hydrogen-bond acceptors (Lipinski definition) is 4. The fraction of sp³-hybridized carbons (Fsp3) is 0.667. The Balaban J connectivity index is 1.72. The van der Waals surface area contributed by atoms with E-state index >= 15 is 0 Å². The summed E-state index contributed by atoms with van der Waals surface area (Å²) < 4.78 is 15.3. The molecule has 7 heteroatoms. The number of aromatic nitrogens is 5. The maximum absolute atomic E-state index is 13.4. The molecule has 1 aliphatic rings. The second kappa shape index (κ2) is 6.16. The van der Waals surface area contributed by atoms with Crippen LogP contribution in [0.2, 0.25) is 0 Å². The molecule has 1 N–H and O–H groups in total. The van der Waals surface area contributed by atoms with E-state index in [1.807, 2.05) is 18.5 Å². The molecule has 0 amide bonds. The Labute approximate surface area is 129 Å². The number of aryl methyl sites for hydroxylation is 3. The number of alkyl halides is 1. The molecule has 1 aliphatic heterocycles. The predicted octanol–water partition coefficient (Wildman–Crippen LogP) is 1.82. The smallest absolute Gasteiger partial charge is 0.155 e. The standard InChI is InChI=1S/C15H23FN6/c1-4-22-8-13(10(2)20-22)7-21-6-12(5-16)14(9-21)15-17-11(3)18-19-15/h8,12,14H,4-7,9H2,1-3H3,(H,17,18,19)/t12-,14-/m1/s1. The largest absolute Gasteiger partial charge is 0.298 e. The van der Waals surface area contributed by atoms with Crippen LogP contribution in [0, 0.1) is 19.8 Å². The van der Waals surface area contributed by atoms with Gasteiger partial charge in [0.05, 0.1) is 12.4 Å². The van der Waals surface area contributed by atoms with Gasteiger partial charge in [0, 0.05) is 49.8 Å². The molecule has 1 saturated heterocycles. The van der Waals surface area contributed by atoms with Crippen molar-refractivity contribution in [1.82, 2.24) is 29.9 Å². The highest BCUT2D eigenvalue weighted by Gasteiger charge is 2.36. The molecular weight excluding hydrogens is 283 g/mol. The van der Waals surface area contributed by atoms with Crippen LogP contribution in [0.4, 0.5) is 4.39 Å². The molecule has 0 aromatic carbocycles. The first-order valence-corrected chi connectivity index (χ1v) is 7.80. The van der Waals surface area contributed by atoms with E-state index in [-0.39, 0.29) is 18.5 Å². The lowest BCUT2D eigenvalue weighted by Crippen LogP contribution is -2.20. The monoisotopic (exact) mass is 306 g/mol. The molecule has 0 spiro atoms. The van der Waals surface area contributed by atoms with Gasteiger partial charge in [-0.2, -0.15) is 10.2 Å². The molecule has 2 aromatic heterocycles. The third kappa shape index (κ3) is 2.90. The van der Waals surface area contributed by atoms with E-state index < -0.39 is 0 Å². The van der Waals surface area contributed by atoms with Gasteiger partial charge < -0.3 is 0 Å². The van der Waals surface area contributed by atoms with Crippen LogP contribution < -0.4 is 0 Å². The van der Waals surface area contributed by atoms with Crippen molar-refractivity contribution < 1.29 is 4.39 Å². The van der Waals surface area contributed by atoms with Crippen molar-refractivity contribution in [3.63, 3.8) is 0 Å². The van der Waals surface area contributed by atoms with E-state index in [2.05, 4.69) is 38.3 Å². The number of likely N-dealkylation sites (tertiary alicyclic amines) is 1. The predicted molar refractivity (Wildman–Crippen MR) is 81.2 cm³/mol. The van der Waals surface area contributed by atoms with E-state index in [9.17, 15) is 4.39 Å². The summed E-state index contributed by atoms with van der Waals surface area (Å²) in [6.07, 6.45) is 2.09. The summed E-state index contributed by atoms with van der Waals surface area (Å²) in [6, 6.07) is 0. The highest BCUT2D eigenvalue weighted by atomic mass is 19.1. The quantitative estimate of drug-likeness (QED) is 0.915. The molecule has 2 aromatic rings. The second-order valence-electron chi connectivity index (χ2n) is 6.09. The van der Waals surface area contributed by atoms with Crippen molar-refractivity contribution in [2.75, 3.05) is 19.8 Å². The maximum atomic E-state index is 13.4. The van der Waals surface area contributed by atoms with Gasteiger partial charge in [-0.15, -0.1) is 0 Å². The Morgan fingerprint density at radius 1 is 1.36 bits per heavy atom. The van der Waals surface area contributed by atoms with Crippen LogP contribution in [0.3, 0.4) is 0 Å². The first-order valence-electron chi connectivity index (χ1n) is 7.80. The highest BCUT2D eigenvalue weighted by Crippen LogP contribution is 2.32. The van der Waals surface area contributed by atoms with E-state index in [1.165, 1.54) is 5.56 Å². The lowest BCUT2D eigenvalue weighted by Gasteiger charge is -2.14. The molecule has 2 atom stereocenters. The van der Waals surface area contributed by atoms with Crippen LogP contribution in [-0.4, -0.2) is 49.6 Å². The van der Waals surface area contributed by atoms with Crippen molar-refractivity contribution in [3.05, 3.63) is 29.1 Å². The summed E-state index contributed by atoms with van der Waals surface area (Å²) in [5.74, 6) is 1.56. The Morgan fingerprint density at radius 2 is 2.18 bits per heavy atom. The third-order valence-electron chi connectivity index (χ3n) is 4.43. The van der Waals surface area contributed by atoms with Crippen molar-refractivity contribution >= 4 is 0 Å². The van der Waals surface area contributed by atoms with E-state index in [0.29, 0.717) is 0 Å². The normalized spacial score (nSPS) is 22.5. The summed E-state index contributed by atoms with van der Waals surface area (Å²) >= 11 is 0. The van der Waals surface area contributed by atoms with Crippen molar-refractivity contribution in [3.8, 4) is 0 Å². The SMILES string of the molecule is CCn1cc(CN2C[C@@H](CF)[C@H](c3n[nH]c(C)n3)C2)c(C)n1. The number of nitrogens with one attached hydrogen (secondary N) is 1. The molecule has 1 fully saturated rings. The van der Waals surface area contributed by atoms with Gasteiger partial charge in [-0.25, -0.2) is 4.98 Å². The van der Waals surface area contributed by atoms with Gasteiger partial charge in [0.1, 0.15) is 5.82 Å². The summed E-state index contributed by atoms with van der Waals surface area (Å²) in [7, 11) is 0. The fourth-order valence-corrected chi connectivity index (χ4v) is 3.18. The van der Waals surface area contributed by atoms with Gasteiger partial charge in [-0.1, -0.05) is 0 Å². The average molecular weight is 306 g/mol. The number of aromatic amines is 1. The maximum Gasteiger partial charge on any atom is 0.155 e.